The largest absolute Gasteiger partial charge is 0.508 e. The highest BCUT2D eigenvalue weighted by Crippen LogP contribution is 2.36. The van der Waals surface area contributed by atoms with Crippen molar-refractivity contribution in [1.29, 1.82) is 0 Å². The number of carboxylic acids is 4. The van der Waals surface area contributed by atoms with E-state index in [0.29, 0.717) is 16.8 Å². The van der Waals surface area contributed by atoms with E-state index in [4.69, 9.17) is 16.6 Å². The smallest absolute Gasteiger partial charge is 0.469 e. The monoisotopic (exact) mass is 1440 g/mol. The third-order valence-electron chi connectivity index (χ3n) is 13.9. The summed E-state index contributed by atoms with van der Waals surface area (Å²) in [5.41, 5.74) is 12.7. The lowest BCUT2D eigenvalue weighted by atomic mass is 10.0. The van der Waals surface area contributed by atoms with Crippen LogP contribution in [0.2, 0.25) is 0 Å². The molecule has 1 heterocycles. The number of aliphatic carboxylic acids is 4. The van der Waals surface area contributed by atoms with E-state index >= 15 is 0 Å². The number of unbranched alkanes of at least 4 members (excludes halogenated alkanes) is 1. The van der Waals surface area contributed by atoms with Crippen molar-refractivity contribution < 1.29 is 130 Å². The predicted octanol–water partition coefficient (Wildman–Crippen LogP) is -6.00. The van der Waals surface area contributed by atoms with Gasteiger partial charge in [-0.3, -0.25) is 71.4 Å². The third-order valence-corrected chi connectivity index (χ3v) is 14.9. The summed E-state index contributed by atoms with van der Waals surface area (Å²) in [5.74, 6) is -18.6. The van der Waals surface area contributed by atoms with Crippen LogP contribution in [0.25, 0.3) is 0 Å². The van der Waals surface area contributed by atoms with Gasteiger partial charge in [0.15, 0.2) is 0 Å². The van der Waals surface area contributed by atoms with E-state index in [1.54, 1.807) is 30.3 Å². The molecule has 2 aromatic carbocycles. The number of nitrogens with zero attached hydrogens (tertiary/aromatic N) is 1. The number of nitrogens with one attached hydrogen (secondary N) is 11. The fraction of sp³-hybridized carbons (Fsp3) is 0.482. The van der Waals surface area contributed by atoms with Crippen molar-refractivity contribution in [3.63, 3.8) is 0 Å². The number of amides is 10. The minimum absolute atomic E-state index is 0.0675. The molecule has 43 heteroatoms. The van der Waals surface area contributed by atoms with Gasteiger partial charge < -0.3 is 115 Å². The summed E-state index contributed by atoms with van der Waals surface area (Å²) in [6, 6.07) is -4.71. The van der Waals surface area contributed by atoms with Crippen molar-refractivity contribution in [2.24, 2.45) is 11.5 Å². The number of H-pyrrole nitrogens is 1. The second-order valence-electron chi connectivity index (χ2n) is 21.9. The van der Waals surface area contributed by atoms with Crippen molar-refractivity contribution >= 4 is 98.6 Å². The summed E-state index contributed by atoms with van der Waals surface area (Å²) in [6.45, 7) is -2.86. The minimum atomic E-state index is -5.63. The lowest BCUT2D eigenvalue weighted by Gasteiger charge is -2.27. The van der Waals surface area contributed by atoms with Gasteiger partial charge in [0.1, 0.15) is 60.1 Å². The van der Waals surface area contributed by atoms with Crippen molar-refractivity contribution in [3.8, 4) is 5.75 Å². The van der Waals surface area contributed by atoms with Crippen LogP contribution in [0.5, 0.6) is 5.75 Å². The van der Waals surface area contributed by atoms with Crippen LogP contribution in [-0.2, 0) is 105 Å². The van der Waals surface area contributed by atoms with Crippen molar-refractivity contribution in [2.75, 3.05) is 26.3 Å². The topological polar surface area (TPSA) is 675 Å². The maximum absolute atomic E-state index is 14.2. The molecule has 99 heavy (non-hydrogen) atoms. The Kier molecular flexibility index (Phi) is 34.9. The summed E-state index contributed by atoms with van der Waals surface area (Å²) >= 11 is 0. The molecule has 0 unspecified atom stereocenters. The van der Waals surface area contributed by atoms with Crippen LogP contribution in [-0.4, -0.2) is 225 Å². The number of phosphoric ester groups is 2. The molecule has 10 amide bonds. The number of imidazole rings is 1. The van der Waals surface area contributed by atoms with E-state index in [2.05, 4.69) is 56.2 Å². The second-order valence-corrected chi connectivity index (χ2v) is 24.4. The van der Waals surface area contributed by atoms with Crippen molar-refractivity contribution in [3.05, 3.63) is 83.9 Å². The van der Waals surface area contributed by atoms with E-state index in [9.17, 15) is 116 Å². The van der Waals surface area contributed by atoms with Crippen LogP contribution in [0.3, 0.4) is 0 Å². The SMILES string of the molecule is C[C@H](NC(=O)[C@H](CCCCN)NC(=O)[C@H](CCC(=O)O)NC(=O)[C@H](CCC(=O)O)NC(=O)[C@H](COP(=O)(O)O)NC(=O)[C@H](COP(=O)(O)O)NC(=O)CNC(=O)[C@H](Cc1ccccc1)NC(=O)[C@@H](N)CCC(=O)O)C(=O)N[C@@H](Cc1cnc[nH]1)C(=O)N[C@@H](Cc1ccc(O)cc1)C(=O)O. The van der Waals surface area contributed by atoms with Crippen LogP contribution in [0.4, 0.5) is 0 Å². The summed E-state index contributed by atoms with van der Waals surface area (Å²) in [4.78, 5) is 229. The van der Waals surface area contributed by atoms with E-state index < -0.39 is 211 Å². The molecule has 0 bridgehead atoms. The summed E-state index contributed by atoms with van der Waals surface area (Å²) in [6.07, 6.45) is -2.56. The Morgan fingerprint density at radius 3 is 1.41 bits per heavy atom. The zero-order valence-electron chi connectivity index (χ0n) is 52.8. The number of carboxylic acid groups (broad SMARTS) is 4. The number of phenols is 1. The Morgan fingerprint density at radius 1 is 0.495 bits per heavy atom. The number of carbonyl (C=O) groups excluding carboxylic acids is 10. The van der Waals surface area contributed by atoms with E-state index in [0.717, 1.165) is 0 Å². The van der Waals surface area contributed by atoms with Gasteiger partial charge in [0.2, 0.25) is 59.1 Å². The Labute approximate surface area is 562 Å². The number of benzene rings is 2. The predicted molar refractivity (Wildman–Crippen MR) is 335 cm³/mol. The number of phosphoric acid groups is 2. The number of phenolic OH excluding ortho intramolecular Hbond substituents is 1. The van der Waals surface area contributed by atoms with Crippen LogP contribution >= 0.6 is 15.6 Å². The molecule has 546 valence electrons. The summed E-state index contributed by atoms with van der Waals surface area (Å²) in [7, 11) is -11.2. The van der Waals surface area contributed by atoms with E-state index in [1.165, 1.54) is 43.7 Å². The fourth-order valence-electron chi connectivity index (χ4n) is 8.76. The number of aromatic nitrogens is 2. The normalized spacial score (nSPS) is 14.4. The molecule has 0 radical (unpaired) electrons. The van der Waals surface area contributed by atoms with Crippen molar-refractivity contribution in [2.45, 2.75) is 144 Å². The molecule has 0 aliphatic heterocycles. The average molecular weight is 1440 g/mol. The Hall–Kier alpha value is -9.83. The van der Waals surface area contributed by atoms with Gasteiger partial charge in [-0.1, -0.05) is 42.5 Å². The highest BCUT2D eigenvalue weighted by atomic mass is 31.2. The molecule has 0 spiro atoms. The minimum Gasteiger partial charge on any atom is -0.508 e. The van der Waals surface area contributed by atoms with E-state index in [1.807, 2.05) is 16.0 Å². The van der Waals surface area contributed by atoms with Gasteiger partial charge in [-0.15, -0.1) is 0 Å². The molecule has 0 aliphatic rings. The zero-order valence-corrected chi connectivity index (χ0v) is 54.6. The number of hydrogen-bond acceptors (Lipinski definition) is 22. The number of nitrogens with two attached hydrogens (primary N) is 2. The first-order valence-electron chi connectivity index (χ1n) is 30.0. The molecule has 3 aromatic rings. The number of hydrogen-bond donors (Lipinski definition) is 22. The molecule has 24 N–H and O–H groups in total. The third kappa shape index (κ3) is 33.3. The van der Waals surface area contributed by atoms with Gasteiger partial charge in [0.05, 0.1) is 32.1 Å². The van der Waals surface area contributed by atoms with Gasteiger partial charge in [-0.2, -0.15) is 0 Å². The van der Waals surface area contributed by atoms with Crippen molar-refractivity contribution in [1.82, 2.24) is 63.1 Å². The summed E-state index contributed by atoms with van der Waals surface area (Å²) < 4.78 is 32.5. The average Bonchev–Trinajstić information content (AvgIpc) is 1.32. The van der Waals surface area contributed by atoms with Gasteiger partial charge >= 0.3 is 39.5 Å². The van der Waals surface area contributed by atoms with Crippen LogP contribution in [0, 0.1) is 0 Å². The molecule has 0 saturated heterocycles. The van der Waals surface area contributed by atoms with Gasteiger partial charge in [-0.25, -0.2) is 18.9 Å². The second kappa shape index (κ2) is 41.4. The molecule has 0 saturated carbocycles. The molecule has 10 atom stereocenters. The molecule has 3 rings (SSSR count). The highest BCUT2D eigenvalue weighted by Gasteiger charge is 2.37. The highest BCUT2D eigenvalue weighted by molar-refractivity contribution is 7.46. The first-order valence-corrected chi connectivity index (χ1v) is 33.0. The fourth-order valence-corrected chi connectivity index (χ4v) is 9.45. The maximum Gasteiger partial charge on any atom is 0.469 e. The first kappa shape index (κ1) is 83.4. The number of rotatable bonds is 46. The Morgan fingerprint density at radius 2 is 0.919 bits per heavy atom. The van der Waals surface area contributed by atoms with E-state index in [-0.39, 0.29) is 57.2 Å². The number of aromatic hydroxyl groups is 1. The van der Waals surface area contributed by atoms with Crippen LogP contribution in [0.1, 0.15) is 81.5 Å². The molecular formula is C56H80N14O27P2. The van der Waals surface area contributed by atoms with Crippen LogP contribution in [0.15, 0.2) is 67.1 Å². The quantitative estimate of drug-likeness (QED) is 0.0185. The van der Waals surface area contributed by atoms with Gasteiger partial charge in [0, 0.05) is 50.4 Å². The van der Waals surface area contributed by atoms with Crippen LogP contribution < -0.4 is 64.6 Å². The zero-order chi connectivity index (χ0) is 74.2. The number of carbonyl (C=O) groups is 14. The standard InChI is InChI=1S/C56H80N14O27P2/c1-29(47(79)67-39(23-32-24-59-28-61-32)53(85)69-40(56(88)89)22-31-10-12-33(71)13-11-31)62-50(82)35(9-5-6-20-57)64-51(83)36(15-18-45(75)76)65-52(84)37(16-19-46(77)78)66-55(87)42(27-97-99(93,94)95)70-54(86)41(26-96-98(90,91)92)63-43(72)25-60-49(81)38(21-30-7-3-2-4-8-30)68-48(80)34(58)14-17-44(73)74/h2-4,7-8,10-13,24,28-29,34-42,71H,5-6,9,14-23,25-27,57-58H2,1H3,(H,59,61)(H,60,81)(H,62,82)(H,63,72)(H,64,83)(H,65,84)(H,66,87)(H,67,79)(H,68,80)(H,69,85)(H,70,86)(H,73,74)(H,75,76)(H,77,78)(H,88,89)(H2,90,91,92)(H2,93,94,95)/t29-,34-,35-,36-,37-,38-,39-,40-,41-,42-/m0/s1. The van der Waals surface area contributed by atoms with Gasteiger partial charge in [0.25, 0.3) is 0 Å². The lowest BCUT2D eigenvalue weighted by molar-refractivity contribution is -0.142. The first-order chi connectivity index (χ1) is 46.4. The van der Waals surface area contributed by atoms with Gasteiger partial charge in [-0.05, 0) is 75.3 Å². The Bertz CT molecular complexity index is 3380. The lowest BCUT2D eigenvalue weighted by Crippen LogP contribution is -2.61. The molecule has 0 aliphatic carbocycles. The molecular weight excluding hydrogens is 1360 g/mol. The summed E-state index contributed by atoms with van der Waals surface area (Å²) in [5, 5.41) is 69.9. The Balaban J connectivity index is 1.89. The molecule has 41 nitrogen and oxygen atoms in total. The number of aromatic amines is 1. The maximum atomic E-state index is 14.2. The molecule has 0 fully saturated rings. The molecule has 1 aromatic heterocycles.